The fourth-order valence-corrected chi connectivity index (χ4v) is 4.12. The molecule has 32 heavy (non-hydrogen) atoms. The van der Waals surface area contributed by atoms with Gasteiger partial charge in [0.05, 0.1) is 11.7 Å². The van der Waals surface area contributed by atoms with Gasteiger partial charge in [-0.25, -0.2) is 9.67 Å². The SMILES string of the molecule is Cc1cccc(-c2ccnc3c2c(C)nn3CC(=O)NC(C)c2ccc(C(C)C)cc2)c1. The highest BCUT2D eigenvalue weighted by Crippen LogP contribution is 2.30. The average molecular weight is 427 g/mol. The number of fused-ring (bicyclic) bond motifs is 1. The van der Waals surface area contributed by atoms with E-state index in [0.29, 0.717) is 5.92 Å². The number of nitrogens with zero attached hydrogens (tertiary/aromatic N) is 3. The number of amides is 1. The molecule has 1 unspecified atom stereocenters. The van der Waals surface area contributed by atoms with Crippen molar-refractivity contribution in [2.75, 3.05) is 0 Å². The van der Waals surface area contributed by atoms with E-state index in [0.717, 1.165) is 33.4 Å². The zero-order chi connectivity index (χ0) is 22.8. The van der Waals surface area contributed by atoms with E-state index in [1.165, 1.54) is 11.1 Å². The van der Waals surface area contributed by atoms with Crippen LogP contribution in [0.3, 0.4) is 0 Å². The Morgan fingerprint density at radius 3 is 2.41 bits per heavy atom. The second-order valence-corrected chi connectivity index (χ2v) is 8.78. The van der Waals surface area contributed by atoms with E-state index in [1.807, 2.05) is 19.9 Å². The lowest BCUT2D eigenvalue weighted by Crippen LogP contribution is -2.30. The lowest BCUT2D eigenvalue weighted by molar-refractivity contribution is -0.122. The molecule has 164 valence electrons. The summed E-state index contributed by atoms with van der Waals surface area (Å²) in [5.41, 5.74) is 7.39. The minimum atomic E-state index is -0.0856. The molecular formula is C27H30N4O. The second-order valence-electron chi connectivity index (χ2n) is 8.78. The van der Waals surface area contributed by atoms with E-state index in [4.69, 9.17) is 0 Å². The monoisotopic (exact) mass is 426 g/mol. The van der Waals surface area contributed by atoms with Crippen molar-refractivity contribution >= 4 is 16.9 Å². The van der Waals surface area contributed by atoms with Crippen molar-refractivity contribution in [3.63, 3.8) is 0 Å². The fraction of sp³-hybridized carbons (Fsp3) is 0.296. The predicted molar refractivity (Wildman–Crippen MR) is 130 cm³/mol. The first-order valence-electron chi connectivity index (χ1n) is 11.1. The van der Waals surface area contributed by atoms with Gasteiger partial charge in [-0.1, -0.05) is 67.9 Å². The summed E-state index contributed by atoms with van der Waals surface area (Å²) in [5.74, 6) is 0.403. The van der Waals surface area contributed by atoms with Crippen molar-refractivity contribution in [2.24, 2.45) is 0 Å². The van der Waals surface area contributed by atoms with E-state index in [9.17, 15) is 4.79 Å². The molecule has 5 nitrogen and oxygen atoms in total. The van der Waals surface area contributed by atoms with Gasteiger partial charge in [-0.2, -0.15) is 5.10 Å². The molecule has 0 fully saturated rings. The number of hydrogen-bond acceptors (Lipinski definition) is 3. The molecule has 0 spiro atoms. The van der Waals surface area contributed by atoms with Crippen LogP contribution in [0.4, 0.5) is 0 Å². The summed E-state index contributed by atoms with van der Waals surface area (Å²) in [4.78, 5) is 17.4. The number of aryl methyl sites for hydroxylation is 2. The highest BCUT2D eigenvalue weighted by molar-refractivity contribution is 5.95. The van der Waals surface area contributed by atoms with Crippen molar-refractivity contribution in [3.05, 3.63) is 83.2 Å². The fourth-order valence-electron chi connectivity index (χ4n) is 4.12. The number of carbonyl (C=O) groups excluding carboxylic acids is 1. The number of rotatable bonds is 6. The summed E-state index contributed by atoms with van der Waals surface area (Å²) in [6, 6.07) is 18.8. The van der Waals surface area contributed by atoms with Crippen LogP contribution < -0.4 is 5.32 Å². The van der Waals surface area contributed by atoms with Crippen LogP contribution in [0.15, 0.2) is 60.8 Å². The van der Waals surface area contributed by atoms with Crippen molar-refractivity contribution in [1.29, 1.82) is 0 Å². The van der Waals surface area contributed by atoms with E-state index in [2.05, 4.69) is 84.7 Å². The third kappa shape index (κ3) is 4.42. The van der Waals surface area contributed by atoms with Crippen LogP contribution in [-0.4, -0.2) is 20.7 Å². The van der Waals surface area contributed by atoms with Gasteiger partial charge in [-0.15, -0.1) is 0 Å². The number of pyridine rings is 1. The third-order valence-electron chi connectivity index (χ3n) is 5.91. The quantitative estimate of drug-likeness (QED) is 0.429. The van der Waals surface area contributed by atoms with Crippen molar-refractivity contribution in [3.8, 4) is 11.1 Å². The Hall–Kier alpha value is -3.47. The predicted octanol–water partition coefficient (Wildman–Crippen LogP) is 5.72. The molecule has 1 amide bonds. The molecule has 4 aromatic rings. The van der Waals surface area contributed by atoms with Crippen LogP contribution >= 0.6 is 0 Å². The molecule has 0 saturated carbocycles. The largest absolute Gasteiger partial charge is 0.348 e. The van der Waals surface area contributed by atoms with Gasteiger partial charge in [0.1, 0.15) is 6.54 Å². The van der Waals surface area contributed by atoms with Gasteiger partial charge >= 0.3 is 0 Å². The summed E-state index contributed by atoms with van der Waals surface area (Å²) in [6.07, 6.45) is 1.79. The van der Waals surface area contributed by atoms with Crippen LogP contribution in [-0.2, 0) is 11.3 Å². The minimum Gasteiger partial charge on any atom is -0.348 e. The molecule has 0 aliphatic carbocycles. The Morgan fingerprint density at radius 2 is 1.72 bits per heavy atom. The summed E-state index contributed by atoms with van der Waals surface area (Å²) < 4.78 is 1.70. The number of carbonyl (C=O) groups is 1. The summed E-state index contributed by atoms with van der Waals surface area (Å²) >= 11 is 0. The average Bonchev–Trinajstić information content (AvgIpc) is 3.09. The zero-order valence-electron chi connectivity index (χ0n) is 19.4. The highest BCUT2D eigenvalue weighted by atomic mass is 16.2. The molecule has 4 rings (SSSR count). The maximum absolute atomic E-state index is 12.8. The topological polar surface area (TPSA) is 59.8 Å². The van der Waals surface area contributed by atoms with Gasteiger partial charge in [0.2, 0.25) is 5.91 Å². The minimum absolute atomic E-state index is 0.0811. The van der Waals surface area contributed by atoms with Gasteiger partial charge in [-0.05, 0) is 55.0 Å². The molecule has 2 aromatic heterocycles. The Kier molecular flexibility index (Phi) is 6.08. The van der Waals surface area contributed by atoms with Gasteiger partial charge in [0.25, 0.3) is 0 Å². The maximum atomic E-state index is 12.8. The summed E-state index contributed by atoms with van der Waals surface area (Å²) in [7, 11) is 0. The van der Waals surface area contributed by atoms with E-state index >= 15 is 0 Å². The van der Waals surface area contributed by atoms with Crippen molar-refractivity contribution in [1.82, 2.24) is 20.1 Å². The van der Waals surface area contributed by atoms with Crippen LogP contribution in [0, 0.1) is 13.8 Å². The highest BCUT2D eigenvalue weighted by Gasteiger charge is 2.17. The zero-order valence-corrected chi connectivity index (χ0v) is 19.4. The molecule has 1 N–H and O–H groups in total. The van der Waals surface area contributed by atoms with E-state index in [-0.39, 0.29) is 18.5 Å². The van der Waals surface area contributed by atoms with Gasteiger partial charge in [-0.3, -0.25) is 4.79 Å². The first-order valence-corrected chi connectivity index (χ1v) is 11.1. The smallest absolute Gasteiger partial charge is 0.242 e. The van der Waals surface area contributed by atoms with Gasteiger partial charge < -0.3 is 5.32 Å². The van der Waals surface area contributed by atoms with Crippen molar-refractivity contribution in [2.45, 2.75) is 53.1 Å². The van der Waals surface area contributed by atoms with E-state index in [1.54, 1.807) is 10.9 Å². The number of hydrogen-bond donors (Lipinski definition) is 1. The Morgan fingerprint density at radius 1 is 1.00 bits per heavy atom. The third-order valence-corrected chi connectivity index (χ3v) is 5.91. The number of benzene rings is 2. The van der Waals surface area contributed by atoms with Gasteiger partial charge in [0, 0.05) is 11.6 Å². The van der Waals surface area contributed by atoms with Crippen LogP contribution in [0.1, 0.15) is 55.1 Å². The molecule has 2 aromatic carbocycles. The first-order chi connectivity index (χ1) is 15.3. The Balaban J connectivity index is 1.55. The lowest BCUT2D eigenvalue weighted by Gasteiger charge is -2.16. The Bertz CT molecular complexity index is 1250. The number of aromatic nitrogens is 3. The van der Waals surface area contributed by atoms with Crippen LogP contribution in [0.2, 0.25) is 0 Å². The van der Waals surface area contributed by atoms with Crippen LogP contribution in [0.25, 0.3) is 22.2 Å². The summed E-state index contributed by atoms with van der Waals surface area (Å²) in [6.45, 7) is 10.5. The summed E-state index contributed by atoms with van der Waals surface area (Å²) in [5, 5.41) is 8.73. The molecule has 5 heteroatoms. The molecule has 1 atom stereocenters. The first kappa shape index (κ1) is 21.8. The van der Waals surface area contributed by atoms with Crippen molar-refractivity contribution < 1.29 is 4.79 Å². The van der Waals surface area contributed by atoms with Crippen LogP contribution in [0.5, 0.6) is 0 Å². The molecule has 0 bridgehead atoms. The standard InChI is InChI=1S/C27H30N4O/c1-17(2)21-9-11-22(12-10-21)19(4)29-25(32)16-31-27-26(20(5)30-31)24(13-14-28-27)23-8-6-7-18(3)15-23/h6-15,17,19H,16H2,1-5H3,(H,29,32). The lowest BCUT2D eigenvalue weighted by atomic mass is 9.99. The molecular weight excluding hydrogens is 396 g/mol. The molecule has 0 aliphatic heterocycles. The molecule has 2 heterocycles. The molecule has 0 radical (unpaired) electrons. The molecule has 0 aliphatic rings. The maximum Gasteiger partial charge on any atom is 0.242 e. The van der Waals surface area contributed by atoms with E-state index < -0.39 is 0 Å². The molecule has 0 saturated heterocycles. The number of nitrogens with one attached hydrogen (secondary N) is 1. The normalized spacial score (nSPS) is 12.3. The Labute approximate surface area is 189 Å². The van der Waals surface area contributed by atoms with Gasteiger partial charge in [0.15, 0.2) is 5.65 Å². The second kappa shape index (κ2) is 8.95.